The van der Waals surface area contributed by atoms with Crippen LogP contribution in [0.5, 0.6) is 5.75 Å². The van der Waals surface area contributed by atoms with Gasteiger partial charge in [-0.3, -0.25) is 14.5 Å². The Hall–Kier alpha value is -3.04. The van der Waals surface area contributed by atoms with Crippen molar-refractivity contribution in [3.05, 3.63) is 70.4 Å². The lowest BCUT2D eigenvalue weighted by molar-refractivity contribution is -0.122. The maximum atomic E-state index is 12.9. The number of nitrogens with zero attached hydrogens (tertiary/aromatic N) is 1. The fourth-order valence-corrected chi connectivity index (χ4v) is 3.12. The first kappa shape index (κ1) is 17.8. The van der Waals surface area contributed by atoms with Gasteiger partial charge in [0, 0.05) is 0 Å². The Labute approximate surface area is 154 Å². The Bertz CT molecular complexity index is 898. The first-order chi connectivity index (χ1) is 12.6. The van der Waals surface area contributed by atoms with Crippen molar-refractivity contribution in [3.8, 4) is 18.1 Å². The van der Waals surface area contributed by atoms with Crippen LogP contribution < -0.4 is 4.74 Å². The highest BCUT2D eigenvalue weighted by molar-refractivity contribution is 8.18. The van der Waals surface area contributed by atoms with Gasteiger partial charge in [0.25, 0.3) is 11.1 Å². The molecule has 0 radical (unpaired) electrons. The highest BCUT2D eigenvalue weighted by atomic mass is 32.2. The average molecular weight is 367 g/mol. The van der Waals surface area contributed by atoms with Gasteiger partial charge in [-0.15, -0.1) is 6.42 Å². The maximum absolute atomic E-state index is 12.9. The fourth-order valence-electron chi connectivity index (χ4n) is 2.29. The zero-order valence-corrected chi connectivity index (χ0v) is 14.5. The number of thioether (sulfide) groups is 1. The van der Waals surface area contributed by atoms with Crippen molar-refractivity contribution in [1.29, 1.82) is 0 Å². The molecule has 0 saturated carbocycles. The summed E-state index contributed by atoms with van der Waals surface area (Å²) in [5.74, 6) is 2.28. The zero-order valence-electron chi connectivity index (χ0n) is 13.6. The lowest BCUT2D eigenvalue weighted by Gasteiger charge is -2.07. The molecule has 0 atom stereocenters. The van der Waals surface area contributed by atoms with Gasteiger partial charge in [0.15, 0.2) is 0 Å². The van der Waals surface area contributed by atoms with Crippen LogP contribution in [0.2, 0.25) is 0 Å². The number of carbonyl (C=O) groups excluding carboxylic acids is 2. The summed E-state index contributed by atoms with van der Waals surface area (Å²) < 4.78 is 18.5. The van der Waals surface area contributed by atoms with Crippen molar-refractivity contribution >= 4 is 29.0 Å². The number of amides is 2. The van der Waals surface area contributed by atoms with Crippen LogP contribution in [0.25, 0.3) is 6.08 Å². The molecule has 4 nitrogen and oxygen atoms in total. The molecule has 0 N–H and O–H groups in total. The van der Waals surface area contributed by atoms with Crippen molar-refractivity contribution in [3.63, 3.8) is 0 Å². The fraction of sp³-hybridized carbons (Fsp3) is 0.100. The monoisotopic (exact) mass is 367 g/mol. The summed E-state index contributed by atoms with van der Waals surface area (Å²) in [5.41, 5.74) is 1.63. The molecular weight excluding hydrogens is 353 g/mol. The van der Waals surface area contributed by atoms with Crippen molar-refractivity contribution in [1.82, 2.24) is 4.90 Å². The van der Waals surface area contributed by atoms with E-state index in [1.54, 1.807) is 42.5 Å². The molecule has 2 aromatic rings. The minimum Gasteiger partial charge on any atom is -0.489 e. The van der Waals surface area contributed by atoms with Crippen molar-refractivity contribution in [2.75, 3.05) is 6.54 Å². The number of halogens is 1. The maximum Gasteiger partial charge on any atom is 0.294 e. The summed E-state index contributed by atoms with van der Waals surface area (Å²) in [7, 11) is 0. The number of benzene rings is 2. The Morgan fingerprint density at radius 2 is 1.81 bits per heavy atom. The van der Waals surface area contributed by atoms with Crippen molar-refractivity contribution < 1.29 is 18.7 Å². The van der Waals surface area contributed by atoms with E-state index in [2.05, 4.69) is 5.92 Å². The molecule has 0 spiro atoms. The third-order valence-corrected chi connectivity index (χ3v) is 4.53. The van der Waals surface area contributed by atoms with E-state index in [1.807, 2.05) is 0 Å². The van der Waals surface area contributed by atoms with Crippen LogP contribution in [-0.2, 0) is 11.4 Å². The van der Waals surface area contributed by atoms with E-state index >= 15 is 0 Å². The number of hydrogen-bond donors (Lipinski definition) is 0. The van der Waals surface area contributed by atoms with Crippen LogP contribution in [0.1, 0.15) is 11.1 Å². The van der Waals surface area contributed by atoms with E-state index in [0.29, 0.717) is 17.3 Å². The highest BCUT2D eigenvalue weighted by Crippen LogP contribution is 2.32. The van der Waals surface area contributed by atoms with Gasteiger partial charge >= 0.3 is 0 Å². The summed E-state index contributed by atoms with van der Waals surface area (Å²) >= 11 is 0.871. The molecule has 1 fully saturated rings. The molecule has 0 bridgehead atoms. The number of rotatable bonds is 5. The Balaban J connectivity index is 1.64. The second kappa shape index (κ2) is 7.89. The van der Waals surface area contributed by atoms with E-state index in [0.717, 1.165) is 27.8 Å². The summed E-state index contributed by atoms with van der Waals surface area (Å²) in [6, 6.07) is 13.2. The van der Waals surface area contributed by atoms with E-state index in [-0.39, 0.29) is 23.5 Å². The Morgan fingerprint density at radius 1 is 1.12 bits per heavy atom. The third-order valence-electron chi connectivity index (χ3n) is 3.62. The standard InChI is InChI=1S/C20H14FNO3S/c1-2-11-22-19(23)18(26-20(22)24)12-14-5-9-17(10-6-14)25-13-15-3-7-16(21)8-4-15/h1,3-10,12H,11,13H2/b18-12-. The molecular formula is C20H14FNO3S. The minimum absolute atomic E-state index is 0.0296. The van der Waals surface area contributed by atoms with Crippen LogP contribution in [0, 0.1) is 18.2 Å². The van der Waals surface area contributed by atoms with Crippen LogP contribution in [-0.4, -0.2) is 22.6 Å². The molecule has 0 aliphatic carbocycles. The van der Waals surface area contributed by atoms with Crippen LogP contribution in [0.4, 0.5) is 9.18 Å². The molecule has 26 heavy (non-hydrogen) atoms. The van der Waals surface area contributed by atoms with Gasteiger partial charge in [0.2, 0.25) is 0 Å². The molecule has 130 valence electrons. The SMILES string of the molecule is C#CCN1C(=O)S/C(=C\c2ccc(OCc3ccc(F)cc3)cc2)C1=O. The number of hydrogen-bond acceptors (Lipinski definition) is 4. The second-order valence-corrected chi connectivity index (χ2v) is 6.45. The largest absolute Gasteiger partial charge is 0.489 e. The molecule has 0 unspecified atom stereocenters. The summed E-state index contributed by atoms with van der Waals surface area (Å²) in [4.78, 5) is 25.3. The van der Waals surface area contributed by atoms with Crippen LogP contribution >= 0.6 is 11.8 Å². The number of imide groups is 1. The molecule has 3 rings (SSSR count). The third kappa shape index (κ3) is 4.13. The number of ether oxygens (including phenoxy) is 1. The summed E-state index contributed by atoms with van der Waals surface area (Å²) in [6.07, 6.45) is 6.81. The van der Waals surface area contributed by atoms with Gasteiger partial charge in [-0.2, -0.15) is 0 Å². The molecule has 1 heterocycles. The Morgan fingerprint density at radius 3 is 2.46 bits per heavy atom. The van der Waals surface area contributed by atoms with E-state index in [4.69, 9.17) is 11.2 Å². The van der Waals surface area contributed by atoms with Gasteiger partial charge in [-0.1, -0.05) is 30.2 Å². The lowest BCUT2D eigenvalue weighted by atomic mass is 10.2. The van der Waals surface area contributed by atoms with Crippen molar-refractivity contribution in [2.24, 2.45) is 0 Å². The predicted molar refractivity (Wildman–Crippen MR) is 98.7 cm³/mol. The lowest BCUT2D eigenvalue weighted by Crippen LogP contribution is -2.28. The first-order valence-corrected chi connectivity index (χ1v) is 8.54. The minimum atomic E-state index is -0.380. The molecule has 2 aromatic carbocycles. The molecule has 1 saturated heterocycles. The quantitative estimate of drug-likeness (QED) is 0.590. The topological polar surface area (TPSA) is 46.6 Å². The second-order valence-electron chi connectivity index (χ2n) is 5.46. The average Bonchev–Trinajstić information content (AvgIpc) is 2.90. The summed E-state index contributed by atoms with van der Waals surface area (Å²) in [5, 5.41) is -0.363. The number of carbonyl (C=O) groups is 2. The molecule has 6 heteroatoms. The predicted octanol–water partition coefficient (Wildman–Crippen LogP) is 4.07. The number of terminal acetylenes is 1. The van der Waals surface area contributed by atoms with Crippen LogP contribution in [0.3, 0.4) is 0 Å². The molecule has 1 aliphatic rings. The van der Waals surface area contributed by atoms with Gasteiger partial charge in [-0.05, 0) is 53.2 Å². The molecule has 2 amide bonds. The smallest absolute Gasteiger partial charge is 0.294 e. The van der Waals surface area contributed by atoms with E-state index < -0.39 is 0 Å². The van der Waals surface area contributed by atoms with Gasteiger partial charge < -0.3 is 4.74 Å². The van der Waals surface area contributed by atoms with E-state index in [1.165, 1.54) is 12.1 Å². The normalized spacial score (nSPS) is 15.4. The van der Waals surface area contributed by atoms with Gasteiger partial charge in [0.05, 0.1) is 11.4 Å². The van der Waals surface area contributed by atoms with Gasteiger partial charge in [0.1, 0.15) is 18.2 Å². The highest BCUT2D eigenvalue weighted by Gasteiger charge is 2.34. The zero-order chi connectivity index (χ0) is 18.5. The molecule has 1 aliphatic heterocycles. The van der Waals surface area contributed by atoms with Crippen molar-refractivity contribution in [2.45, 2.75) is 6.61 Å². The van der Waals surface area contributed by atoms with Gasteiger partial charge in [-0.25, -0.2) is 4.39 Å². The Kier molecular flexibility index (Phi) is 5.40. The first-order valence-electron chi connectivity index (χ1n) is 7.73. The summed E-state index contributed by atoms with van der Waals surface area (Å²) in [6.45, 7) is 0.294. The molecule has 0 aromatic heterocycles. The van der Waals surface area contributed by atoms with E-state index in [9.17, 15) is 14.0 Å². The van der Waals surface area contributed by atoms with Crippen LogP contribution in [0.15, 0.2) is 53.4 Å².